The minimum atomic E-state index is -0.205. The van der Waals surface area contributed by atoms with Crippen LogP contribution in [0.3, 0.4) is 0 Å². The first kappa shape index (κ1) is 88.0. The number of fused-ring (bicyclic) bond motifs is 9. The predicted molar refractivity (Wildman–Crippen MR) is 519 cm³/mol. The van der Waals surface area contributed by atoms with Crippen molar-refractivity contribution in [3.8, 4) is 31.3 Å². The number of aryl methyl sites for hydroxylation is 2. The molecule has 5 heterocycles. The van der Waals surface area contributed by atoms with Crippen LogP contribution in [0.4, 0.5) is 0 Å². The summed E-state index contributed by atoms with van der Waals surface area (Å²) in [6.07, 6.45) is 60.7. The van der Waals surface area contributed by atoms with Gasteiger partial charge in [0.25, 0.3) is 23.6 Å². The van der Waals surface area contributed by atoms with Crippen LogP contribution in [-0.4, -0.2) is 46.5 Å². The second-order valence-electron chi connectivity index (χ2n) is 36.7. The number of carbonyl (C=O) groups excluding carboxylic acids is 4. The zero-order chi connectivity index (χ0) is 82.4. The molecule has 0 radical (unpaired) electrons. The van der Waals surface area contributed by atoms with Crippen LogP contribution in [0.25, 0.3) is 116 Å². The van der Waals surface area contributed by atoms with Crippen molar-refractivity contribution < 1.29 is 19.2 Å². The average Bonchev–Trinajstić information content (AvgIpc) is 0.822. The summed E-state index contributed by atoms with van der Waals surface area (Å²) in [6.45, 7) is 14.3. The highest BCUT2D eigenvalue weighted by Gasteiger charge is 2.40. The summed E-state index contributed by atoms with van der Waals surface area (Å²) in [6, 6.07) is 44.6. The maximum Gasteiger partial charge on any atom is 0.261 e. The molecule has 2 aliphatic rings. The third kappa shape index (κ3) is 21.1. The Balaban J connectivity index is 0.823. The summed E-state index contributed by atoms with van der Waals surface area (Å²) >= 11 is 5.38. The highest BCUT2D eigenvalue weighted by atomic mass is 32.1. The first-order valence-electron chi connectivity index (χ1n) is 48.4. The number of amides is 4. The lowest BCUT2D eigenvalue weighted by atomic mass is 9.78. The highest BCUT2D eigenvalue weighted by Crippen LogP contribution is 2.54. The Morgan fingerprint density at radius 1 is 0.252 bits per heavy atom. The van der Waals surface area contributed by atoms with E-state index in [0.717, 1.165) is 120 Å². The molecule has 9 aromatic carbocycles. The standard InChI is InChI=1S/C110H140N2O4S3/c1-7-11-15-19-23-27-31-33-37-41-45-49-53-79(51-47-43-39-35-29-25-21-17-13-9-3)75-111-107(113)90-67-65-89-100-93(98-70-69-96(118-98)83-59-61-85-82(72-83)58-63-87-86-62-57-81-71-77(5)55-60-84(81)105(86)119-106(85)87)74-95-102-91(66-64-88(104(100)102)99-92(97-68-56-78(6)117-97)73-94(109(111)115)101(90)103(89)99)108(114)112(110(95)116)76-80(52-48-44-40-36-30-26-22-18-14-10-4)54-50-46-42-38-34-32-28-24-20-16-12-8-2/h55-74,79-80H,7-54,75-76H2,1-6H3. The van der Waals surface area contributed by atoms with Crippen LogP contribution in [0.5, 0.6) is 0 Å². The van der Waals surface area contributed by atoms with Crippen molar-refractivity contribution in [3.63, 3.8) is 0 Å². The van der Waals surface area contributed by atoms with Gasteiger partial charge in [-0.3, -0.25) is 29.0 Å². The van der Waals surface area contributed by atoms with E-state index in [0.29, 0.717) is 40.7 Å². The molecule has 0 saturated heterocycles. The van der Waals surface area contributed by atoms with Gasteiger partial charge in [-0.25, -0.2) is 0 Å². The molecule has 119 heavy (non-hydrogen) atoms. The zero-order valence-corrected chi connectivity index (χ0v) is 76.3. The third-order valence-corrected chi connectivity index (χ3v) is 31.0. The molecule has 4 amide bonds. The smallest absolute Gasteiger partial charge is 0.261 e. The molecule has 0 saturated carbocycles. The van der Waals surface area contributed by atoms with Crippen molar-refractivity contribution in [3.05, 3.63) is 154 Å². The molecule has 0 spiro atoms. The van der Waals surface area contributed by atoms with Crippen molar-refractivity contribution in [2.75, 3.05) is 13.1 Å². The lowest BCUT2D eigenvalue weighted by molar-refractivity contribution is 0.0563. The molecule has 2 aliphatic heterocycles. The lowest BCUT2D eigenvalue weighted by Crippen LogP contribution is -2.43. The number of thiophene rings is 3. The molecule has 2 unspecified atom stereocenters. The molecule has 14 rings (SSSR count). The van der Waals surface area contributed by atoms with E-state index in [-0.39, 0.29) is 35.5 Å². The Morgan fingerprint density at radius 2 is 0.571 bits per heavy atom. The molecule has 0 aliphatic carbocycles. The van der Waals surface area contributed by atoms with E-state index >= 15 is 19.2 Å². The van der Waals surface area contributed by atoms with Crippen LogP contribution in [0.1, 0.15) is 388 Å². The van der Waals surface area contributed by atoms with Gasteiger partial charge in [0.1, 0.15) is 0 Å². The molecule has 2 atom stereocenters. The fourth-order valence-corrected chi connectivity index (χ4v) is 24.0. The van der Waals surface area contributed by atoms with Gasteiger partial charge in [0.15, 0.2) is 0 Å². The third-order valence-electron chi connectivity index (χ3n) is 27.5. The molecule has 0 fully saturated rings. The van der Waals surface area contributed by atoms with Gasteiger partial charge in [-0.1, -0.05) is 383 Å². The normalized spacial score (nSPS) is 13.8. The van der Waals surface area contributed by atoms with Crippen molar-refractivity contribution in [2.45, 2.75) is 350 Å². The predicted octanol–water partition coefficient (Wildman–Crippen LogP) is 35.4. The summed E-state index contributed by atoms with van der Waals surface area (Å²) < 4.78 is 2.63. The van der Waals surface area contributed by atoms with E-state index in [1.54, 1.807) is 32.5 Å². The van der Waals surface area contributed by atoms with Crippen molar-refractivity contribution >= 4 is 142 Å². The van der Waals surface area contributed by atoms with Crippen LogP contribution in [0, 0.1) is 25.7 Å². The van der Waals surface area contributed by atoms with E-state index in [1.807, 2.05) is 23.5 Å². The number of imide groups is 2. The number of hydrogen-bond acceptors (Lipinski definition) is 7. The summed E-state index contributed by atoms with van der Waals surface area (Å²) in [5.41, 5.74) is 6.60. The maximum atomic E-state index is 16.3. The minimum Gasteiger partial charge on any atom is -0.274 e. The quantitative estimate of drug-likeness (QED) is 0.0165. The van der Waals surface area contributed by atoms with Crippen LogP contribution < -0.4 is 0 Å². The van der Waals surface area contributed by atoms with E-state index in [4.69, 9.17) is 0 Å². The number of unbranched alkanes of at least 4 members (excludes halogenated alkanes) is 40. The second kappa shape index (κ2) is 44.2. The van der Waals surface area contributed by atoms with Gasteiger partial charge in [-0.05, 0) is 165 Å². The van der Waals surface area contributed by atoms with E-state index < -0.39 is 0 Å². The molecule has 0 N–H and O–H groups in total. The molecule has 0 bridgehead atoms. The van der Waals surface area contributed by atoms with Crippen molar-refractivity contribution in [1.29, 1.82) is 0 Å². The first-order valence-corrected chi connectivity index (χ1v) is 50.9. The Hall–Kier alpha value is -7.30. The van der Waals surface area contributed by atoms with Gasteiger partial charge in [0.05, 0.1) is 0 Å². The Labute approximate surface area is 726 Å². The van der Waals surface area contributed by atoms with Crippen molar-refractivity contribution in [2.24, 2.45) is 11.8 Å². The summed E-state index contributed by atoms with van der Waals surface area (Å²) in [7, 11) is 0. The largest absolute Gasteiger partial charge is 0.274 e. The number of carbonyl (C=O) groups is 4. The first-order chi connectivity index (χ1) is 58.5. The number of nitrogens with zero attached hydrogens (tertiary/aromatic N) is 2. The van der Waals surface area contributed by atoms with E-state index in [2.05, 4.69) is 151 Å². The van der Waals surface area contributed by atoms with Crippen molar-refractivity contribution in [1.82, 2.24) is 9.80 Å². The molecule has 9 heteroatoms. The molecule has 6 nitrogen and oxygen atoms in total. The molecule has 3 aromatic heterocycles. The molecule has 632 valence electrons. The summed E-state index contributed by atoms with van der Waals surface area (Å²) in [5, 5.41) is 14.6. The topological polar surface area (TPSA) is 74.8 Å². The van der Waals surface area contributed by atoms with Crippen LogP contribution in [0.15, 0.2) is 121 Å². The van der Waals surface area contributed by atoms with E-state index in [9.17, 15) is 0 Å². The number of benzene rings is 9. The van der Waals surface area contributed by atoms with Crippen LogP contribution in [-0.2, 0) is 0 Å². The highest BCUT2D eigenvalue weighted by molar-refractivity contribution is 7.27. The summed E-state index contributed by atoms with van der Waals surface area (Å²) in [4.78, 5) is 72.1. The minimum absolute atomic E-state index is 0.198. The Morgan fingerprint density at radius 3 is 0.950 bits per heavy atom. The Kier molecular flexibility index (Phi) is 32.7. The second-order valence-corrected chi connectivity index (χ2v) is 40.1. The van der Waals surface area contributed by atoms with Crippen LogP contribution >= 0.6 is 34.0 Å². The lowest BCUT2D eigenvalue weighted by Gasteiger charge is -2.33. The van der Waals surface area contributed by atoms with Gasteiger partial charge in [-0.2, -0.15) is 0 Å². The number of rotatable bonds is 55. The fraction of sp³-hybridized carbons (Fsp3) is 0.527. The Bertz CT molecular complexity index is 5370. The van der Waals surface area contributed by atoms with Gasteiger partial charge >= 0.3 is 0 Å². The van der Waals surface area contributed by atoms with Gasteiger partial charge < -0.3 is 0 Å². The van der Waals surface area contributed by atoms with Gasteiger partial charge in [-0.15, -0.1) is 34.0 Å². The average molecular weight is 1650 g/mol. The molecular weight excluding hydrogens is 1510 g/mol. The SMILES string of the molecule is CCCCCCCCCCCCCCC(CCCCCCCCCCCC)CN1C(=O)c2ccc3c4c(-c5ccc(-c6ccc7c(ccc8c9ccc%10cc(C)ccc%10c9sc78)c6)s5)cc5c6c(ccc(c7c(-c8ccc(C)s8)cc(c2c37)C1=O)c64)C(=O)N(CC(CCCCCCCCCCCC)CCCCCCCCCCCCCC)C5=O. The zero-order valence-electron chi connectivity index (χ0n) is 73.8. The van der Waals surface area contributed by atoms with Gasteiger partial charge in [0, 0.05) is 96.9 Å². The molecule has 12 aromatic rings. The van der Waals surface area contributed by atoms with E-state index in [1.165, 1.54) is 309 Å². The monoisotopic (exact) mass is 1650 g/mol. The maximum absolute atomic E-state index is 16.3. The van der Waals surface area contributed by atoms with Crippen LogP contribution in [0.2, 0.25) is 0 Å². The number of hydrogen-bond donors (Lipinski definition) is 0. The summed E-state index contributed by atoms with van der Waals surface area (Å²) in [5.74, 6) is -0.384. The molecular formula is C110H140N2O4S3. The van der Waals surface area contributed by atoms with Gasteiger partial charge in [0.2, 0.25) is 0 Å². The fourth-order valence-electron chi connectivity index (χ4n) is 20.7.